The van der Waals surface area contributed by atoms with E-state index in [1.165, 1.54) is 12.1 Å². The second-order valence-electron chi connectivity index (χ2n) is 4.17. The number of hydrogen-bond acceptors (Lipinski definition) is 3. The van der Waals surface area contributed by atoms with E-state index in [-0.39, 0.29) is 5.82 Å². The molecular weight excluding hydrogens is 235 g/mol. The topological polar surface area (TPSA) is 24.9 Å². The Morgan fingerprint density at radius 2 is 2.24 bits per heavy atom. The van der Waals surface area contributed by atoms with Crippen LogP contribution < -0.4 is 5.32 Å². The smallest absolute Gasteiger partial charge is 0.123 e. The summed E-state index contributed by atoms with van der Waals surface area (Å²) >= 11 is 1.60. The van der Waals surface area contributed by atoms with Crippen molar-refractivity contribution in [1.82, 2.24) is 10.3 Å². The molecule has 0 amide bonds. The van der Waals surface area contributed by atoms with E-state index in [4.69, 9.17) is 0 Å². The van der Waals surface area contributed by atoms with Crippen molar-refractivity contribution in [2.24, 2.45) is 0 Å². The third-order valence-electron chi connectivity index (χ3n) is 2.33. The molecular formula is C13H15FN2S. The highest BCUT2D eigenvalue weighted by molar-refractivity contribution is 7.09. The lowest BCUT2D eigenvalue weighted by atomic mass is 10.2. The van der Waals surface area contributed by atoms with Crippen LogP contribution in [0.25, 0.3) is 11.3 Å². The fraction of sp³-hybridized carbons (Fsp3) is 0.308. The SMILES string of the molecule is CC(C)NCc1nc(-c2cccc(F)c2)cs1. The lowest BCUT2D eigenvalue weighted by molar-refractivity contribution is 0.587. The van der Waals surface area contributed by atoms with Crippen molar-refractivity contribution in [2.75, 3.05) is 0 Å². The van der Waals surface area contributed by atoms with Crippen molar-refractivity contribution in [1.29, 1.82) is 0 Å². The summed E-state index contributed by atoms with van der Waals surface area (Å²) in [5.74, 6) is -0.225. The first-order chi connectivity index (χ1) is 8.15. The number of hydrogen-bond donors (Lipinski definition) is 1. The average Bonchev–Trinajstić information content (AvgIpc) is 2.75. The maximum Gasteiger partial charge on any atom is 0.123 e. The van der Waals surface area contributed by atoms with Gasteiger partial charge >= 0.3 is 0 Å². The minimum atomic E-state index is -0.225. The van der Waals surface area contributed by atoms with Crippen LogP contribution in [-0.2, 0) is 6.54 Å². The second-order valence-corrected chi connectivity index (χ2v) is 5.12. The number of rotatable bonds is 4. The predicted octanol–water partition coefficient (Wildman–Crippen LogP) is 3.45. The van der Waals surface area contributed by atoms with Gasteiger partial charge in [0.25, 0.3) is 0 Å². The van der Waals surface area contributed by atoms with Crippen molar-refractivity contribution >= 4 is 11.3 Å². The van der Waals surface area contributed by atoms with Gasteiger partial charge in [-0.1, -0.05) is 26.0 Å². The molecule has 0 radical (unpaired) electrons. The highest BCUT2D eigenvalue weighted by Gasteiger charge is 2.05. The van der Waals surface area contributed by atoms with E-state index in [9.17, 15) is 4.39 Å². The van der Waals surface area contributed by atoms with Crippen LogP contribution in [0, 0.1) is 5.82 Å². The zero-order valence-corrected chi connectivity index (χ0v) is 10.7. The van der Waals surface area contributed by atoms with E-state index >= 15 is 0 Å². The zero-order chi connectivity index (χ0) is 12.3. The summed E-state index contributed by atoms with van der Waals surface area (Å²) in [7, 11) is 0. The summed E-state index contributed by atoms with van der Waals surface area (Å²) in [6.07, 6.45) is 0. The summed E-state index contributed by atoms with van der Waals surface area (Å²) in [4.78, 5) is 4.48. The molecule has 0 spiro atoms. The van der Waals surface area contributed by atoms with Gasteiger partial charge in [0, 0.05) is 23.5 Å². The Morgan fingerprint density at radius 3 is 2.94 bits per heavy atom. The first-order valence-electron chi connectivity index (χ1n) is 5.59. The molecule has 0 aliphatic rings. The fourth-order valence-electron chi connectivity index (χ4n) is 1.46. The van der Waals surface area contributed by atoms with Crippen LogP contribution >= 0.6 is 11.3 Å². The molecule has 4 heteroatoms. The quantitative estimate of drug-likeness (QED) is 0.899. The molecule has 0 aliphatic carbocycles. The Labute approximate surface area is 105 Å². The van der Waals surface area contributed by atoms with Crippen LogP contribution in [0.3, 0.4) is 0 Å². The number of benzene rings is 1. The van der Waals surface area contributed by atoms with Crippen LogP contribution in [0.1, 0.15) is 18.9 Å². The van der Waals surface area contributed by atoms with Gasteiger partial charge in [-0.25, -0.2) is 9.37 Å². The number of nitrogens with zero attached hydrogens (tertiary/aromatic N) is 1. The van der Waals surface area contributed by atoms with Gasteiger partial charge < -0.3 is 5.32 Å². The van der Waals surface area contributed by atoms with Crippen LogP contribution in [0.4, 0.5) is 4.39 Å². The van der Waals surface area contributed by atoms with E-state index in [0.717, 1.165) is 22.8 Å². The highest BCUT2D eigenvalue weighted by atomic mass is 32.1. The number of aromatic nitrogens is 1. The minimum absolute atomic E-state index is 0.225. The molecule has 2 nitrogen and oxygen atoms in total. The van der Waals surface area contributed by atoms with E-state index < -0.39 is 0 Å². The average molecular weight is 250 g/mol. The highest BCUT2D eigenvalue weighted by Crippen LogP contribution is 2.22. The molecule has 0 unspecified atom stereocenters. The van der Waals surface area contributed by atoms with E-state index in [2.05, 4.69) is 24.1 Å². The van der Waals surface area contributed by atoms with Gasteiger partial charge in [-0.3, -0.25) is 0 Å². The number of halogens is 1. The summed E-state index contributed by atoms with van der Waals surface area (Å²) < 4.78 is 13.1. The van der Waals surface area contributed by atoms with E-state index in [1.807, 2.05) is 11.4 Å². The summed E-state index contributed by atoms with van der Waals surface area (Å²) in [5, 5.41) is 6.30. The van der Waals surface area contributed by atoms with Gasteiger partial charge in [-0.2, -0.15) is 0 Å². The van der Waals surface area contributed by atoms with Crippen LogP contribution in [0.2, 0.25) is 0 Å². The lowest BCUT2D eigenvalue weighted by Gasteiger charge is -2.04. The second kappa shape index (κ2) is 5.38. The summed E-state index contributed by atoms with van der Waals surface area (Å²) in [6.45, 7) is 4.96. The summed E-state index contributed by atoms with van der Waals surface area (Å²) in [5.41, 5.74) is 1.67. The molecule has 1 aromatic heterocycles. The van der Waals surface area contributed by atoms with Gasteiger partial charge in [0.15, 0.2) is 0 Å². The van der Waals surface area contributed by atoms with Crippen LogP contribution in [0.5, 0.6) is 0 Å². The van der Waals surface area contributed by atoms with Crippen molar-refractivity contribution in [2.45, 2.75) is 26.4 Å². The third-order valence-corrected chi connectivity index (χ3v) is 3.18. The monoisotopic (exact) mass is 250 g/mol. The van der Waals surface area contributed by atoms with Crippen LogP contribution in [0.15, 0.2) is 29.6 Å². The van der Waals surface area contributed by atoms with Crippen molar-refractivity contribution < 1.29 is 4.39 Å². The van der Waals surface area contributed by atoms with Gasteiger partial charge in [0.05, 0.1) is 5.69 Å². The van der Waals surface area contributed by atoms with Crippen molar-refractivity contribution in [3.63, 3.8) is 0 Å². The third kappa shape index (κ3) is 3.35. The first-order valence-corrected chi connectivity index (χ1v) is 6.47. The molecule has 90 valence electrons. The van der Waals surface area contributed by atoms with E-state index in [1.54, 1.807) is 17.4 Å². The lowest BCUT2D eigenvalue weighted by Crippen LogP contribution is -2.21. The predicted molar refractivity (Wildman–Crippen MR) is 69.5 cm³/mol. The largest absolute Gasteiger partial charge is 0.308 e. The maximum atomic E-state index is 13.1. The van der Waals surface area contributed by atoms with E-state index in [0.29, 0.717) is 6.04 Å². The first kappa shape index (κ1) is 12.2. The molecule has 0 atom stereocenters. The molecule has 1 N–H and O–H groups in total. The van der Waals surface area contributed by atoms with Gasteiger partial charge in [0.1, 0.15) is 10.8 Å². The molecule has 0 saturated carbocycles. The molecule has 2 aromatic rings. The molecule has 1 heterocycles. The zero-order valence-electron chi connectivity index (χ0n) is 9.90. The maximum absolute atomic E-state index is 13.1. The minimum Gasteiger partial charge on any atom is -0.308 e. The summed E-state index contributed by atoms with van der Waals surface area (Å²) in [6, 6.07) is 6.97. The standard InChI is InChI=1S/C13H15FN2S/c1-9(2)15-7-13-16-12(8-17-13)10-4-3-5-11(14)6-10/h3-6,8-9,15H,7H2,1-2H3. The molecule has 0 saturated heterocycles. The van der Waals surface area contributed by atoms with Crippen molar-refractivity contribution in [3.8, 4) is 11.3 Å². The molecule has 17 heavy (non-hydrogen) atoms. The Kier molecular flexibility index (Phi) is 3.86. The fourth-order valence-corrected chi connectivity index (χ4v) is 2.22. The van der Waals surface area contributed by atoms with Gasteiger partial charge in [-0.05, 0) is 12.1 Å². The van der Waals surface area contributed by atoms with Crippen molar-refractivity contribution in [3.05, 3.63) is 40.5 Å². The van der Waals surface area contributed by atoms with Crippen LogP contribution in [-0.4, -0.2) is 11.0 Å². The molecule has 1 aromatic carbocycles. The molecule has 0 fully saturated rings. The normalized spacial score (nSPS) is 11.1. The Balaban J connectivity index is 2.12. The Hall–Kier alpha value is -1.26. The molecule has 0 aliphatic heterocycles. The molecule has 2 rings (SSSR count). The number of thiazole rings is 1. The Bertz CT molecular complexity index is 494. The Morgan fingerprint density at radius 1 is 1.41 bits per heavy atom. The molecule has 0 bridgehead atoms. The number of nitrogens with one attached hydrogen (secondary N) is 1. The van der Waals surface area contributed by atoms with Gasteiger partial charge in [0.2, 0.25) is 0 Å². The van der Waals surface area contributed by atoms with Gasteiger partial charge in [-0.15, -0.1) is 11.3 Å².